The third-order valence-electron chi connectivity index (χ3n) is 2.91. The highest BCUT2D eigenvalue weighted by molar-refractivity contribution is 5.40. The summed E-state index contributed by atoms with van der Waals surface area (Å²) in [6.07, 6.45) is 1.57. The van der Waals surface area contributed by atoms with E-state index in [0.29, 0.717) is 13.0 Å². The molecular weight excluding hydrogens is 228 g/mol. The standard InChI is InChI=1S/C14H18N2O2/c1-16(9-5-4-8-15)10-12-11-17-13-6-2-3-7-14(13)18-12/h2-3,6-7,12H,4-5,9-11H2,1H3. The Morgan fingerprint density at radius 1 is 1.39 bits per heavy atom. The second-order valence-corrected chi connectivity index (χ2v) is 4.52. The van der Waals surface area contributed by atoms with Crippen LogP contribution >= 0.6 is 0 Å². The Hall–Kier alpha value is -1.73. The number of nitriles is 1. The first-order valence-corrected chi connectivity index (χ1v) is 6.23. The second kappa shape index (κ2) is 6.27. The molecule has 0 aliphatic carbocycles. The zero-order valence-corrected chi connectivity index (χ0v) is 10.6. The van der Waals surface area contributed by atoms with Crippen molar-refractivity contribution in [3.05, 3.63) is 24.3 Å². The smallest absolute Gasteiger partial charge is 0.161 e. The summed E-state index contributed by atoms with van der Waals surface area (Å²) < 4.78 is 11.5. The number of hydrogen-bond donors (Lipinski definition) is 0. The minimum Gasteiger partial charge on any atom is -0.486 e. The molecule has 4 nitrogen and oxygen atoms in total. The van der Waals surface area contributed by atoms with Crippen molar-refractivity contribution in [2.75, 3.05) is 26.7 Å². The second-order valence-electron chi connectivity index (χ2n) is 4.52. The molecule has 18 heavy (non-hydrogen) atoms. The Morgan fingerprint density at radius 2 is 2.17 bits per heavy atom. The van der Waals surface area contributed by atoms with Crippen molar-refractivity contribution in [1.82, 2.24) is 4.90 Å². The van der Waals surface area contributed by atoms with Crippen LogP contribution in [0.4, 0.5) is 0 Å². The number of hydrogen-bond acceptors (Lipinski definition) is 4. The third-order valence-corrected chi connectivity index (χ3v) is 2.91. The van der Waals surface area contributed by atoms with Gasteiger partial charge in [0.05, 0.1) is 6.07 Å². The van der Waals surface area contributed by atoms with Gasteiger partial charge in [0.1, 0.15) is 12.7 Å². The lowest BCUT2D eigenvalue weighted by atomic mass is 10.2. The maximum atomic E-state index is 8.50. The fourth-order valence-electron chi connectivity index (χ4n) is 2.02. The van der Waals surface area contributed by atoms with Crippen molar-refractivity contribution in [3.63, 3.8) is 0 Å². The van der Waals surface area contributed by atoms with E-state index in [0.717, 1.165) is 31.0 Å². The van der Waals surface area contributed by atoms with Gasteiger partial charge in [-0.3, -0.25) is 0 Å². The van der Waals surface area contributed by atoms with Crippen molar-refractivity contribution in [1.29, 1.82) is 5.26 Å². The zero-order chi connectivity index (χ0) is 12.8. The first-order chi connectivity index (χ1) is 8.79. The molecule has 0 radical (unpaired) electrons. The molecule has 0 bridgehead atoms. The predicted molar refractivity (Wildman–Crippen MR) is 68.7 cm³/mol. The van der Waals surface area contributed by atoms with Gasteiger partial charge in [-0.05, 0) is 32.1 Å². The Balaban J connectivity index is 1.81. The number of benzene rings is 1. The molecule has 1 aromatic rings. The first kappa shape index (κ1) is 12.7. The number of fused-ring (bicyclic) bond motifs is 1. The molecule has 1 aliphatic rings. The van der Waals surface area contributed by atoms with Gasteiger partial charge in [0.2, 0.25) is 0 Å². The van der Waals surface area contributed by atoms with E-state index in [-0.39, 0.29) is 6.10 Å². The van der Waals surface area contributed by atoms with E-state index in [9.17, 15) is 0 Å². The maximum absolute atomic E-state index is 8.50. The van der Waals surface area contributed by atoms with Crippen LogP contribution in [0.25, 0.3) is 0 Å². The molecular formula is C14H18N2O2. The molecule has 1 heterocycles. The van der Waals surface area contributed by atoms with E-state index < -0.39 is 0 Å². The number of nitrogens with zero attached hydrogens (tertiary/aromatic N) is 2. The lowest BCUT2D eigenvalue weighted by Crippen LogP contribution is -2.39. The molecule has 1 aliphatic heterocycles. The number of ether oxygens (including phenoxy) is 2. The maximum Gasteiger partial charge on any atom is 0.161 e. The van der Waals surface area contributed by atoms with E-state index in [2.05, 4.69) is 11.0 Å². The van der Waals surface area contributed by atoms with Crippen LogP contribution in [-0.2, 0) is 0 Å². The molecule has 0 saturated carbocycles. The van der Waals surface area contributed by atoms with E-state index in [1.54, 1.807) is 0 Å². The first-order valence-electron chi connectivity index (χ1n) is 6.23. The van der Waals surface area contributed by atoms with Crippen molar-refractivity contribution < 1.29 is 9.47 Å². The average molecular weight is 246 g/mol. The third kappa shape index (κ3) is 3.38. The SMILES string of the molecule is CN(CCCC#N)CC1COc2ccccc2O1. The molecule has 0 saturated heterocycles. The van der Waals surface area contributed by atoms with Gasteiger partial charge in [-0.25, -0.2) is 0 Å². The normalized spacial score (nSPS) is 17.5. The van der Waals surface area contributed by atoms with Gasteiger partial charge in [-0.2, -0.15) is 5.26 Å². The van der Waals surface area contributed by atoms with Gasteiger partial charge in [0.15, 0.2) is 11.5 Å². The monoisotopic (exact) mass is 246 g/mol. The highest BCUT2D eigenvalue weighted by Crippen LogP contribution is 2.30. The molecule has 0 spiro atoms. The minimum absolute atomic E-state index is 0.0620. The summed E-state index contributed by atoms with van der Waals surface area (Å²) in [6, 6.07) is 9.89. The van der Waals surface area contributed by atoms with E-state index in [1.165, 1.54) is 0 Å². The van der Waals surface area contributed by atoms with Crippen LogP contribution in [-0.4, -0.2) is 37.7 Å². The quantitative estimate of drug-likeness (QED) is 0.746. The Kier molecular flexibility index (Phi) is 4.43. The molecule has 0 amide bonds. The van der Waals surface area contributed by atoms with Crippen LogP contribution in [0, 0.1) is 11.3 Å². The molecule has 0 aromatic heterocycles. The molecule has 0 fully saturated rings. The largest absolute Gasteiger partial charge is 0.486 e. The fraction of sp³-hybridized carbons (Fsp3) is 0.500. The number of likely N-dealkylation sites (N-methyl/N-ethyl adjacent to an activating group) is 1. The number of rotatable bonds is 5. The minimum atomic E-state index is 0.0620. The molecule has 2 rings (SSSR count). The molecule has 4 heteroatoms. The van der Waals surface area contributed by atoms with Crippen molar-refractivity contribution >= 4 is 0 Å². The van der Waals surface area contributed by atoms with Crippen LogP contribution in [0.5, 0.6) is 11.5 Å². The van der Waals surface area contributed by atoms with E-state index in [1.807, 2.05) is 31.3 Å². The van der Waals surface area contributed by atoms with E-state index in [4.69, 9.17) is 14.7 Å². The molecule has 0 N–H and O–H groups in total. The summed E-state index contributed by atoms with van der Waals surface area (Å²) in [5.41, 5.74) is 0. The predicted octanol–water partition coefficient (Wildman–Crippen LogP) is 2.06. The summed E-state index contributed by atoms with van der Waals surface area (Å²) in [5, 5.41) is 8.50. The summed E-state index contributed by atoms with van der Waals surface area (Å²) in [4.78, 5) is 2.18. The Morgan fingerprint density at radius 3 is 2.94 bits per heavy atom. The van der Waals surface area contributed by atoms with Crippen LogP contribution < -0.4 is 9.47 Å². The van der Waals surface area contributed by atoms with Crippen LogP contribution in [0.15, 0.2) is 24.3 Å². The van der Waals surface area contributed by atoms with Crippen LogP contribution in [0.3, 0.4) is 0 Å². The van der Waals surface area contributed by atoms with Gasteiger partial charge in [-0.1, -0.05) is 12.1 Å². The molecule has 1 atom stereocenters. The van der Waals surface area contributed by atoms with Crippen molar-refractivity contribution in [3.8, 4) is 17.6 Å². The average Bonchev–Trinajstić information content (AvgIpc) is 2.39. The molecule has 1 aromatic carbocycles. The van der Waals surface area contributed by atoms with Crippen molar-refractivity contribution in [2.45, 2.75) is 18.9 Å². The lowest BCUT2D eigenvalue weighted by Gasteiger charge is -2.29. The lowest BCUT2D eigenvalue weighted by molar-refractivity contribution is 0.0653. The van der Waals surface area contributed by atoms with Gasteiger partial charge in [0.25, 0.3) is 0 Å². The van der Waals surface area contributed by atoms with Gasteiger partial charge >= 0.3 is 0 Å². The van der Waals surface area contributed by atoms with Crippen LogP contribution in [0.1, 0.15) is 12.8 Å². The summed E-state index contributed by atoms with van der Waals surface area (Å²) >= 11 is 0. The van der Waals surface area contributed by atoms with E-state index >= 15 is 0 Å². The zero-order valence-electron chi connectivity index (χ0n) is 10.6. The summed E-state index contributed by atoms with van der Waals surface area (Å²) in [5.74, 6) is 1.64. The van der Waals surface area contributed by atoms with Gasteiger partial charge in [-0.15, -0.1) is 0 Å². The summed E-state index contributed by atoms with van der Waals surface area (Å²) in [7, 11) is 2.04. The molecule has 96 valence electrons. The highest BCUT2D eigenvalue weighted by atomic mass is 16.6. The number of para-hydroxylation sites is 2. The highest BCUT2D eigenvalue weighted by Gasteiger charge is 2.21. The van der Waals surface area contributed by atoms with Gasteiger partial charge in [0, 0.05) is 13.0 Å². The topological polar surface area (TPSA) is 45.5 Å². The summed E-state index contributed by atoms with van der Waals surface area (Å²) in [6.45, 7) is 2.31. The van der Waals surface area contributed by atoms with Crippen molar-refractivity contribution in [2.24, 2.45) is 0 Å². The van der Waals surface area contributed by atoms with Crippen LogP contribution in [0.2, 0.25) is 0 Å². The fourth-order valence-corrected chi connectivity index (χ4v) is 2.02. The van der Waals surface area contributed by atoms with Gasteiger partial charge < -0.3 is 14.4 Å². The number of unbranched alkanes of at least 4 members (excludes halogenated alkanes) is 1. The molecule has 1 unspecified atom stereocenters. The Bertz CT molecular complexity index is 428. The Labute approximate surface area is 108 Å².